The van der Waals surface area contributed by atoms with Gasteiger partial charge in [-0.25, -0.2) is 0 Å². The Labute approximate surface area is 113 Å². The maximum atomic E-state index is 12.4. The third-order valence-electron chi connectivity index (χ3n) is 3.50. The number of hydrogen-bond donors (Lipinski definition) is 1. The first-order valence-electron chi connectivity index (χ1n) is 6.57. The van der Waals surface area contributed by atoms with E-state index < -0.39 is 0 Å². The second-order valence-electron chi connectivity index (χ2n) is 5.57. The monoisotopic (exact) mass is 266 g/mol. The van der Waals surface area contributed by atoms with E-state index in [0.717, 1.165) is 13.0 Å². The molecule has 1 aromatic rings. The van der Waals surface area contributed by atoms with Gasteiger partial charge in [-0.05, 0) is 48.1 Å². The molecule has 1 aliphatic rings. The predicted octanol–water partition coefficient (Wildman–Crippen LogP) is 2.75. The van der Waals surface area contributed by atoms with Crippen LogP contribution >= 0.6 is 11.3 Å². The molecule has 0 aromatic carbocycles. The van der Waals surface area contributed by atoms with Gasteiger partial charge in [0.25, 0.3) is 0 Å². The summed E-state index contributed by atoms with van der Waals surface area (Å²) in [6.07, 6.45) is 1.06. The maximum Gasteiger partial charge on any atom is 0.241 e. The second kappa shape index (κ2) is 5.41. The van der Waals surface area contributed by atoms with Crippen molar-refractivity contribution in [1.29, 1.82) is 0 Å². The van der Waals surface area contributed by atoms with Crippen molar-refractivity contribution in [3.8, 4) is 0 Å². The Morgan fingerprint density at radius 2 is 2.17 bits per heavy atom. The Morgan fingerprint density at radius 1 is 1.44 bits per heavy atom. The lowest BCUT2D eigenvalue weighted by Crippen LogP contribution is -2.34. The first kappa shape index (κ1) is 13.6. The minimum Gasteiger partial charge on any atom is -0.322 e. The smallest absolute Gasteiger partial charge is 0.241 e. The van der Waals surface area contributed by atoms with Crippen LogP contribution < -0.4 is 5.32 Å². The molecule has 1 fully saturated rings. The summed E-state index contributed by atoms with van der Waals surface area (Å²) in [4.78, 5) is 14.3. The minimum absolute atomic E-state index is 0.000980. The third kappa shape index (κ3) is 2.75. The second-order valence-corrected chi connectivity index (χ2v) is 6.31. The third-order valence-corrected chi connectivity index (χ3v) is 4.41. The average Bonchev–Trinajstić information content (AvgIpc) is 2.78. The molecule has 100 valence electrons. The van der Waals surface area contributed by atoms with Crippen LogP contribution in [0.1, 0.15) is 38.3 Å². The largest absolute Gasteiger partial charge is 0.322 e. The number of nitrogens with zero attached hydrogens (tertiary/aromatic N) is 1. The van der Waals surface area contributed by atoms with E-state index >= 15 is 0 Å². The summed E-state index contributed by atoms with van der Waals surface area (Å²) < 4.78 is 0. The van der Waals surface area contributed by atoms with Gasteiger partial charge in [0.2, 0.25) is 5.91 Å². The lowest BCUT2D eigenvalue weighted by atomic mass is 10.0. The van der Waals surface area contributed by atoms with Crippen molar-refractivity contribution in [2.75, 3.05) is 0 Å². The molecule has 1 N–H and O–H groups in total. The van der Waals surface area contributed by atoms with Gasteiger partial charge < -0.3 is 4.90 Å². The molecule has 2 atom stereocenters. The molecule has 18 heavy (non-hydrogen) atoms. The molecule has 1 aliphatic heterocycles. The van der Waals surface area contributed by atoms with E-state index in [9.17, 15) is 4.79 Å². The lowest BCUT2D eigenvalue weighted by Gasteiger charge is -2.20. The molecular weight excluding hydrogens is 244 g/mol. The standard InChI is InChI=1S/C14H22N2OS/c1-9(2)5-13-14(17)16(11(4)15-13)6-12-8-18-7-10(12)3/h7-9,11,13,15H,5-6H2,1-4H3. The zero-order chi connectivity index (χ0) is 13.3. The molecule has 0 saturated carbocycles. The zero-order valence-electron chi connectivity index (χ0n) is 11.6. The van der Waals surface area contributed by atoms with Crippen LogP contribution in [0.5, 0.6) is 0 Å². The van der Waals surface area contributed by atoms with Gasteiger partial charge in [0.15, 0.2) is 0 Å². The summed E-state index contributed by atoms with van der Waals surface area (Å²) >= 11 is 1.71. The van der Waals surface area contributed by atoms with Crippen LogP contribution in [0.3, 0.4) is 0 Å². The van der Waals surface area contributed by atoms with Crippen LogP contribution in [0.2, 0.25) is 0 Å². The van der Waals surface area contributed by atoms with Crippen molar-refractivity contribution in [1.82, 2.24) is 10.2 Å². The lowest BCUT2D eigenvalue weighted by molar-refractivity contribution is -0.130. The van der Waals surface area contributed by atoms with E-state index in [0.29, 0.717) is 5.92 Å². The Balaban J connectivity index is 2.05. The number of hydrogen-bond acceptors (Lipinski definition) is 3. The molecule has 1 amide bonds. The molecule has 2 rings (SSSR count). The van der Waals surface area contributed by atoms with Crippen LogP contribution in [-0.2, 0) is 11.3 Å². The Hall–Kier alpha value is -0.870. The molecule has 0 aliphatic carbocycles. The number of aryl methyl sites for hydroxylation is 1. The van der Waals surface area contributed by atoms with Gasteiger partial charge in [-0.1, -0.05) is 13.8 Å². The fourth-order valence-corrected chi connectivity index (χ4v) is 3.28. The Morgan fingerprint density at radius 3 is 2.72 bits per heavy atom. The van der Waals surface area contributed by atoms with Crippen LogP contribution in [0, 0.1) is 12.8 Å². The van der Waals surface area contributed by atoms with E-state index in [-0.39, 0.29) is 18.1 Å². The van der Waals surface area contributed by atoms with E-state index in [2.05, 4.69) is 43.8 Å². The van der Waals surface area contributed by atoms with E-state index in [1.54, 1.807) is 11.3 Å². The summed E-state index contributed by atoms with van der Waals surface area (Å²) in [5.41, 5.74) is 2.56. The molecule has 0 spiro atoms. The highest BCUT2D eigenvalue weighted by Crippen LogP contribution is 2.22. The average molecular weight is 266 g/mol. The van der Waals surface area contributed by atoms with Crippen LogP contribution in [-0.4, -0.2) is 23.0 Å². The molecule has 0 bridgehead atoms. The van der Waals surface area contributed by atoms with Gasteiger partial charge in [-0.2, -0.15) is 11.3 Å². The Kier molecular flexibility index (Phi) is 4.07. The van der Waals surface area contributed by atoms with Crippen molar-refractivity contribution in [3.63, 3.8) is 0 Å². The van der Waals surface area contributed by atoms with Crippen LogP contribution in [0.15, 0.2) is 10.8 Å². The summed E-state index contributed by atoms with van der Waals surface area (Å²) in [6, 6.07) is -0.000980. The number of nitrogens with one attached hydrogen (secondary N) is 1. The minimum atomic E-state index is -0.000980. The molecule has 2 heterocycles. The first-order valence-corrected chi connectivity index (χ1v) is 7.51. The first-order chi connectivity index (χ1) is 8.49. The highest BCUT2D eigenvalue weighted by molar-refractivity contribution is 7.08. The van der Waals surface area contributed by atoms with Crippen molar-refractivity contribution in [2.45, 2.75) is 52.9 Å². The number of thiophene rings is 1. The molecule has 1 aromatic heterocycles. The van der Waals surface area contributed by atoms with Crippen molar-refractivity contribution < 1.29 is 4.79 Å². The normalized spacial score (nSPS) is 24.3. The number of rotatable bonds is 4. The fraction of sp³-hybridized carbons (Fsp3) is 0.643. The van der Waals surface area contributed by atoms with Crippen molar-refractivity contribution in [2.24, 2.45) is 5.92 Å². The van der Waals surface area contributed by atoms with Crippen LogP contribution in [0.25, 0.3) is 0 Å². The summed E-state index contributed by atoms with van der Waals surface area (Å²) in [5.74, 6) is 0.795. The highest BCUT2D eigenvalue weighted by Gasteiger charge is 2.36. The molecule has 2 unspecified atom stereocenters. The molecule has 3 nitrogen and oxygen atoms in total. The highest BCUT2D eigenvalue weighted by atomic mass is 32.1. The molecule has 1 saturated heterocycles. The number of carbonyl (C=O) groups is 1. The fourth-order valence-electron chi connectivity index (χ4n) is 2.43. The molecule has 4 heteroatoms. The van der Waals surface area contributed by atoms with Crippen LogP contribution in [0.4, 0.5) is 0 Å². The summed E-state index contributed by atoms with van der Waals surface area (Å²) in [7, 11) is 0. The number of carbonyl (C=O) groups excluding carboxylic acids is 1. The molecule has 0 radical (unpaired) electrons. The topological polar surface area (TPSA) is 32.3 Å². The summed E-state index contributed by atoms with van der Waals surface area (Å²) in [6.45, 7) is 9.23. The maximum absolute atomic E-state index is 12.4. The quantitative estimate of drug-likeness (QED) is 0.909. The van der Waals surface area contributed by atoms with Gasteiger partial charge in [0.05, 0.1) is 12.2 Å². The van der Waals surface area contributed by atoms with E-state index in [4.69, 9.17) is 0 Å². The zero-order valence-corrected chi connectivity index (χ0v) is 12.4. The predicted molar refractivity (Wildman–Crippen MR) is 75.4 cm³/mol. The van der Waals surface area contributed by atoms with Gasteiger partial charge >= 0.3 is 0 Å². The van der Waals surface area contributed by atoms with Gasteiger partial charge in [-0.3, -0.25) is 10.1 Å². The van der Waals surface area contributed by atoms with E-state index in [1.807, 2.05) is 4.90 Å². The van der Waals surface area contributed by atoms with Crippen molar-refractivity contribution >= 4 is 17.2 Å². The van der Waals surface area contributed by atoms with Gasteiger partial charge in [0.1, 0.15) is 0 Å². The molecular formula is C14H22N2OS. The van der Waals surface area contributed by atoms with E-state index in [1.165, 1.54) is 11.1 Å². The number of amides is 1. The Bertz CT molecular complexity index is 427. The summed E-state index contributed by atoms with van der Waals surface area (Å²) in [5, 5.41) is 7.68. The SMILES string of the molecule is Cc1cscc1CN1C(=O)C(CC(C)C)NC1C. The van der Waals surface area contributed by atoms with Gasteiger partial charge in [0, 0.05) is 6.54 Å². The van der Waals surface area contributed by atoms with Gasteiger partial charge in [-0.15, -0.1) is 0 Å². The van der Waals surface area contributed by atoms with Crippen molar-refractivity contribution in [3.05, 3.63) is 21.9 Å².